The number of piperazine rings is 2. The summed E-state index contributed by atoms with van der Waals surface area (Å²) in [6.07, 6.45) is 8.77. The van der Waals surface area contributed by atoms with E-state index in [1.54, 1.807) is 83.1 Å². The summed E-state index contributed by atoms with van der Waals surface area (Å²) in [5, 5.41) is 21.6. The Labute approximate surface area is 615 Å². The Morgan fingerprint density at radius 2 is 1.29 bits per heavy atom. The molecule has 3 aromatic carbocycles. The minimum atomic E-state index is -3.75. The molecule has 4 aromatic heterocycles. The highest BCUT2D eigenvalue weighted by atomic mass is 32.2. The largest absolute Gasteiger partial charge is 0.493 e. The summed E-state index contributed by atoms with van der Waals surface area (Å²) < 4.78 is 79.0. The maximum atomic E-state index is 13.5. The number of Topliss-reactive ketones (excluding diaryl/α,β-unsaturated/α-hetero) is 1. The molecular formula is C73H104N18O10S3. The molecule has 104 heavy (non-hydrogen) atoms. The molecule has 0 radical (unpaired) electrons. The molecule has 1 amide bonds. The van der Waals surface area contributed by atoms with Gasteiger partial charge in [-0.1, -0.05) is 66.1 Å². The number of likely N-dealkylation sites (tertiary alicyclic amines) is 1. The first-order valence-electron chi connectivity index (χ1n) is 36.7. The van der Waals surface area contributed by atoms with E-state index >= 15 is 0 Å². The molecule has 12 rings (SSSR count). The van der Waals surface area contributed by atoms with Gasteiger partial charge in [0, 0.05) is 90.6 Å². The average Bonchev–Trinajstić information content (AvgIpc) is 1.52. The summed E-state index contributed by atoms with van der Waals surface area (Å²) in [7, 11) is 0.00423. The van der Waals surface area contributed by atoms with Crippen LogP contribution in [0.4, 0.5) is 0 Å². The van der Waals surface area contributed by atoms with Crippen LogP contribution in [0.3, 0.4) is 0 Å². The third kappa shape index (κ3) is 18.0. The molecular weight excluding hydrogens is 1390 g/mol. The highest BCUT2D eigenvalue weighted by Crippen LogP contribution is 2.36. The number of nitrogens with zero attached hydrogens (tertiary/aromatic N) is 13. The number of aromatic nitrogens is 8. The molecule has 564 valence electrons. The smallest absolute Gasteiger partial charge is 0.277 e. The quantitative estimate of drug-likeness (QED) is 0.0241. The Morgan fingerprint density at radius 1 is 0.683 bits per heavy atom. The molecule has 0 spiro atoms. The lowest BCUT2D eigenvalue weighted by Crippen LogP contribution is -2.55. The van der Waals surface area contributed by atoms with Gasteiger partial charge in [-0.3, -0.25) is 38.6 Å². The Balaban J connectivity index is 0.000000168. The van der Waals surface area contributed by atoms with Gasteiger partial charge in [-0.2, -0.15) is 19.6 Å². The number of sulfonamides is 2. The number of carbonyl (C=O) groups excluding carboxylic acids is 2. The number of rotatable bonds is 27. The number of ether oxygens (including phenoxy) is 3. The first kappa shape index (κ1) is 78.7. The number of hydrogen-bond donors (Lipinski definition) is 5. The first-order valence-corrected chi connectivity index (χ1v) is 40.0. The lowest BCUT2D eigenvalue weighted by atomic mass is 9.98. The van der Waals surface area contributed by atoms with E-state index in [-0.39, 0.29) is 39.1 Å². The molecule has 0 aliphatic carbocycles. The van der Waals surface area contributed by atoms with E-state index < -0.39 is 32.1 Å². The predicted molar refractivity (Wildman–Crippen MR) is 408 cm³/mol. The van der Waals surface area contributed by atoms with Crippen LogP contribution in [0.5, 0.6) is 17.2 Å². The Morgan fingerprint density at radius 3 is 1.93 bits per heavy atom. The van der Waals surface area contributed by atoms with Gasteiger partial charge < -0.3 is 44.6 Å². The topological polar surface area (TPSA) is 317 Å². The Bertz CT molecular complexity index is 4630. The predicted octanol–water partition coefficient (Wildman–Crippen LogP) is 7.86. The second kappa shape index (κ2) is 35.0. The van der Waals surface area contributed by atoms with Crippen LogP contribution in [-0.2, 0) is 51.8 Å². The van der Waals surface area contributed by atoms with Crippen molar-refractivity contribution in [1.82, 2.24) is 78.9 Å². The number of amidine groups is 1. The molecule has 28 nitrogen and oxygen atoms in total. The van der Waals surface area contributed by atoms with Crippen LogP contribution in [0.15, 0.2) is 79.3 Å². The van der Waals surface area contributed by atoms with Crippen molar-refractivity contribution in [2.75, 3.05) is 99.4 Å². The fourth-order valence-corrected chi connectivity index (χ4v) is 17.2. The number of likely N-dealkylation sites (N-methyl/N-ethyl adjacent to an activating group) is 2. The molecule has 5 aliphatic rings. The summed E-state index contributed by atoms with van der Waals surface area (Å²) in [5.41, 5.74) is 7.11. The minimum Gasteiger partial charge on any atom is -0.493 e. The molecule has 3 unspecified atom stereocenters. The number of carbonyl (C=O) groups is 2. The number of aliphatic imine (C=N–C) groups is 1. The molecule has 9 heterocycles. The van der Waals surface area contributed by atoms with Crippen LogP contribution < -0.4 is 35.1 Å². The van der Waals surface area contributed by atoms with Crippen LogP contribution in [0.2, 0.25) is 0 Å². The van der Waals surface area contributed by atoms with Crippen molar-refractivity contribution >= 4 is 77.6 Å². The van der Waals surface area contributed by atoms with Crippen LogP contribution in [0.25, 0.3) is 44.8 Å². The third-order valence-corrected chi connectivity index (χ3v) is 22.9. The molecule has 0 bridgehead atoms. The van der Waals surface area contributed by atoms with Gasteiger partial charge in [0.1, 0.15) is 51.8 Å². The molecule has 5 N–H and O–H groups in total. The normalized spacial score (nSPS) is 19.8. The van der Waals surface area contributed by atoms with Crippen LogP contribution >= 0.6 is 12.2 Å². The first-order chi connectivity index (χ1) is 49.8. The van der Waals surface area contributed by atoms with Gasteiger partial charge in [0.25, 0.3) is 11.5 Å². The molecule has 3 saturated heterocycles. The maximum Gasteiger partial charge on any atom is 0.277 e. The Kier molecular flexibility index (Phi) is 26.5. The van der Waals surface area contributed by atoms with E-state index in [9.17, 15) is 31.2 Å². The van der Waals surface area contributed by atoms with Gasteiger partial charge in [-0.15, -0.1) is 0 Å². The Hall–Kier alpha value is -7.88. The number of fused-ring (bicyclic) bond motifs is 3. The van der Waals surface area contributed by atoms with Crippen molar-refractivity contribution in [1.29, 1.82) is 0 Å². The van der Waals surface area contributed by atoms with E-state index in [1.807, 2.05) is 41.7 Å². The van der Waals surface area contributed by atoms with Crippen molar-refractivity contribution in [3.8, 4) is 40.0 Å². The zero-order chi connectivity index (χ0) is 74.7. The summed E-state index contributed by atoms with van der Waals surface area (Å²) >= 11 is 5.60. The standard InChI is InChI=1S/C25H38N6O4S.C25H34N6O3.C23H32N6O3S2/c1-5-8-20-22-23(31(4)29-20)25(32)28-24(27-22)19-16-18(10-11-21(19)35-15-6-2)36(33,34)26-13-12-17-9-7-14-30(17)3;1-5-8-19-22-23(29(4)28-19)25(33)27-24(26-22)18-15-17(9-10-21(18)34-7-3)20(32)16-31-13-11-30(6-2)12-14-31;1-6-8-18-20-21(28(5)27-18)23(33)26-22(25-20)17-11-16(9-10-19(17)32-7-2)34(30,31)29-12-14(3)24-15(4)13-29/h10-11,16-17,22-23,26H,5-9,12-15H2,1-4H3,(H,27,28,32);9-10,15H,5-8,11-14,16H2,1-4H3,(H,26,27,33);9-11,14-15,24H,6-8,12-13H2,1-5H3,(H,25,26,33)/t;;14-,15+. The fraction of sp³-hybridized carbons (Fsp3) is 0.562. The molecule has 7 aromatic rings. The number of hydrazone groups is 1. The van der Waals surface area contributed by atoms with Crippen molar-refractivity contribution in [2.24, 2.45) is 24.2 Å². The van der Waals surface area contributed by atoms with Crippen molar-refractivity contribution < 1.29 is 40.6 Å². The average molecular weight is 1490 g/mol. The molecule has 5 aliphatic heterocycles. The van der Waals surface area contributed by atoms with Gasteiger partial charge in [0.05, 0.1) is 75.5 Å². The van der Waals surface area contributed by atoms with Crippen LogP contribution in [0, 0.1) is 4.64 Å². The van der Waals surface area contributed by atoms with Gasteiger partial charge in [-0.25, -0.2) is 31.5 Å². The lowest BCUT2D eigenvalue weighted by Gasteiger charge is -2.35. The van der Waals surface area contributed by atoms with Crippen molar-refractivity contribution in [3.05, 3.63) is 92.1 Å². The lowest BCUT2D eigenvalue weighted by molar-refractivity contribution is -0.124. The fourth-order valence-electron chi connectivity index (χ4n) is 14.2. The van der Waals surface area contributed by atoms with Crippen LogP contribution in [-0.4, -0.2) is 233 Å². The molecule has 3 fully saturated rings. The van der Waals surface area contributed by atoms with Crippen LogP contribution in [0.1, 0.15) is 141 Å². The van der Waals surface area contributed by atoms with Crippen molar-refractivity contribution in [2.45, 2.75) is 167 Å². The van der Waals surface area contributed by atoms with Crippen molar-refractivity contribution in [3.63, 3.8) is 0 Å². The number of aromatic amines is 2. The minimum absolute atomic E-state index is 0.0470. The highest BCUT2D eigenvalue weighted by molar-refractivity contribution is 7.89. The molecule has 31 heteroatoms. The summed E-state index contributed by atoms with van der Waals surface area (Å²) in [6, 6.07) is 14.7. The van der Waals surface area contributed by atoms with E-state index in [0.29, 0.717) is 125 Å². The van der Waals surface area contributed by atoms with Gasteiger partial charge >= 0.3 is 0 Å². The highest BCUT2D eigenvalue weighted by Gasteiger charge is 2.44. The van der Waals surface area contributed by atoms with Gasteiger partial charge in [0.2, 0.25) is 20.0 Å². The van der Waals surface area contributed by atoms with E-state index in [2.05, 4.69) is 95.0 Å². The third-order valence-electron chi connectivity index (χ3n) is 19.4. The number of ketones is 1. The summed E-state index contributed by atoms with van der Waals surface area (Å²) in [6.45, 7) is 26.9. The molecule has 5 atom stereocenters. The number of H-pyrrole nitrogens is 2. The number of aryl methyl sites for hydroxylation is 4. The van der Waals surface area contributed by atoms with Gasteiger partial charge in [-0.05, 0) is 147 Å². The van der Waals surface area contributed by atoms with E-state index in [0.717, 1.165) is 132 Å². The second-order valence-electron chi connectivity index (χ2n) is 27.3. The number of hydrogen-bond acceptors (Lipinski definition) is 22. The van der Waals surface area contributed by atoms with Gasteiger partial charge in [0.15, 0.2) is 22.0 Å². The summed E-state index contributed by atoms with van der Waals surface area (Å²) in [5.74, 6) is 2.61. The zero-order valence-electron chi connectivity index (χ0n) is 62.5. The monoisotopic (exact) mass is 1490 g/mol. The van der Waals surface area contributed by atoms with E-state index in [4.69, 9.17) is 36.4 Å². The zero-order valence-corrected chi connectivity index (χ0v) is 64.9. The molecule has 0 saturated carbocycles. The number of benzene rings is 3. The maximum absolute atomic E-state index is 13.5. The van der Waals surface area contributed by atoms with E-state index in [1.165, 1.54) is 4.31 Å². The number of nitrogens with one attached hydrogen (secondary N) is 5. The SMILES string of the molecule is CCCOc1ccc(S(=O)(=O)NCCC2CCCN2C)cc1C1=NC2C(CCC)=NN(C)C2C(=O)N1.CCCc1nn(C)c2c(=O)[nH]c(-c3cc(C(=O)CN4CCN(CC)CC4)ccc3OCC)nc12.CCCc1nn(C)c2c(=S)nc(-c3cc(S(=O)(=O)N4C[C@@H](C)N[C@@H](C)C4)ccc3OCC)[nH]c12. The second-order valence-corrected chi connectivity index (χ2v) is 31.4. The summed E-state index contributed by atoms with van der Waals surface area (Å²) in [4.78, 5) is 66.8. The number of amides is 1.